The molecule has 0 N–H and O–H groups in total. The van der Waals surface area contributed by atoms with Crippen LogP contribution in [-0.4, -0.2) is 16.8 Å². The van der Waals surface area contributed by atoms with Crippen LogP contribution in [0, 0.1) is 13.8 Å². The third-order valence-corrected chi connectivity index (χ3v) is 8.52. The predicted molar refractivity (Wildman–Crippen MR) is 81.7 cm³/mol. The van der Waals surface area contributed by atoms with E-state index in [4.69, 9.17) is 11.6 Å². The molecule has 0 heterocycles. The third kappa shape index (κ3) is 2.84. The first-order valence-electron chi connectivity index (χ1n) is 5.99. The molecule has 0 bridgehead atoms. The molecule has 0 fully saturated rings. The lowest BCUT2D eigenvalue weighted by Gasteiger charge is -2.09. The van der Waals surface area contributed by atoms with E-state index in [1.54, 1.807) is 26.0 Å². The molecule has 4 nitrogen and oxygen atoms in total. The van der Waals surface area contributed by atoms with E-state index >= 15 is 0 Å². The Labute approximate surface area is 128 Å². The molecule has 0 amide bonds. The number of aryl methyl sites for hydroxylation is 2. The minimum Gasteiger partial charge on any atom is -0.207 e. The van der Waals surface area contributed by atoms with Gasteiger partial charge in [-0.3, -0.25) is 0 Å². The van der Waals surface area contributed by atoms with Crippen LogP contribution in [0.1, 0.15) is 11.1 Å². The van der Waals surface area contributed by atoms with Gasteiger partial charge >= 0.3 is 0 Å². The Hall–Kier alpha value is -1.37. The number of hydrogen-bond acceptors (Lipinski definition) is 4. The van der Waals surface area contributed by atoms with Crippen LogP contribution in [0.15, 0.2) is 52.3 Å². The highest BCUT2D eigenvalue weighted by Gasteiger charge is 2.34. The molecule has 0 aliphatic heterocycles. The zero-order chi connectivity index (χ0) is 15.8. The van der Waals surface area contributed by atoms with Gasteiger partial charge in [-0.25, -0.2) is 16.8 Å². The first-order valence-corrected chi connectivity index (χ1v) is 9.85. The van der Waals surface area contributed by atoms with E-state index in [-0.39, 0.29) is 9.79 Å². The van der Waals surface area contributed by atoms with Gasteiger partial charge in [0.2, 0.25) is 0 Å². The third-order valence-electron chi connectivity index (χ3n) is 2.99. The van der Waals surface area contributed by atoms with E-state index in [1.165, 1.54) is 30.3 Å². The van der Waals surface area contributed by atoms with E-state index in [1.807, 2.05) is 0 Å². The van der Waals surface area contributed by atoms with Gasteiger partial charge in [-0.15, -0.1) is 0 Å². The van der Waals surface area contributed by atoms with Crippen molar-refractivity contribution in [2.75, 3.05) is 0 Å². The second-order valence-electron chi connectivity index (χ2n) is 4.63. The molecule has 0 radical (unpaired) electrons. The van der Waals surface area contributed by atoms with Crippen molar-refractivity contribution in [2.24, 2.45) is 0 Å². The Balaban J connectivity index is 2.65. The zero-order valence-electron chi connectivity index (χ0n) is 11.4. The van der Waals surface area contributed by atoms with Gasteiger partial charge in [0.15, 0.2) is 0 Å². The van der Waals surface area contributed by atoms with Crippen molar-refractivity contribution in [3.05, 3.63) is 58.6 Å². The molecule has 2 aromatic carbocycles. The topological polar surface area (TPSA) is 68.3 Å². The summed E-state index contributed by atoms with van der Waals surface area (Å²) in [7, 11) is -9.05. The molecule has 0 aliphatic rings. The Morgan fingerprint density at radius 1 is 0.810 bits per heavy atom. The summed E-state index contributed by atoms with van der Waals surface area (Å²) in [5, 5.41) is 0.331. The summed E-state index contributed by atoms with van der Waals surface area (Å²) in [4.78, 5) is -0.505. The van der Waals surface area contributed by atoms with Gasteiger partial charge < -0.3 is 0 Å². The molecule has 7 heteroatoms. The quantitative estimate of drug-likeness (QED) is 0.802. The molecule has 112 valence electrons. The van der Waals surface area contributed by atoms with Crippen LogP contribution in [-0.2, 0) is 17.7 Å². The lowest BCUT2D eigenvalue weighted by atomic mass is 10.2. The largest absolute Gasteiger partial charge is 0.286 e. The lowest BCUT2D eigenvalue weighted by Crippen LogP contribution is -2.17. The van der Waals surface area contributed by atoms with Crippen LogP contribution in [0.4, 0.5) is 0 Å². The lowest BCUT2D eigenvalue weighted by molar-refractivity contribution is 0.582. The molecule has 0 saturated carbocycles. The summed E-state index contributed by atoms with van der Waals surface area (Å²) in [5.41, 5.74) is 1.25. The molecule has 2 aromatic rings. The summed E-state index contributed by atoms with van der Waals surface area (Å²) in [6.45, 7) is 3.37. The highest BCUT2D eigenvalue weighted by atomic mass is 35.5. The smallest absolute Gasteiger partial charge is 0.207 e. The highest BCUT2D eigenvalue weighted by Crippen LogP contribution is 2.28. The first-order chi connectivity index (χ1) is 9.66. The number of benzene rings is 2. The average molecular weight is 345 g/mol. The predicted octanol–water partition coefficient (Wildman–Crippen LogP) is 3.12. The Morgan fingerprint density at radius 2 is 1.38 bits per heavy atom. The van der Waals surface area contributed by atoms with Crippen molar-refractivity contribution >= 4 is 29.3 Å². The van der Waals surface area contributed by atoms with Crippen LogP contribution < -0.4 is 0 Å². The molecular weight excluding hydrogens is 332 g/mol. The monoisotopic (exact) mass is 344 g/mol. The van der Waals surface area contributed by atoms with Gasteiger partial charge in [-0.05, 0) is 49.7 Å². The molecule has 0 saturated heterocycles. The van der Waals surface area contributed by atoms with Gasteiger partial charge in [0, 0.05) is 5.02 Å². The molecule has 21 heavy (non-hydrogen) atoms. The van der Waals surface area contributed by atoms with Crippen LogP contribution in [0.3, 0.4) is 0 Å². The fourth-order valence-corrected chi connectivity index (χ4v) is 6.06. The summed E-state index contributed by atoms with van der Waals surface area (Å²) in [6.07, 6.45) is 0. The normalized spacial score (nSPS) is 12.3. The summed E-state index contributed by atoms with van der Waals surface area (Å²) >= 11 is 5.69. The van der Waals surface area contributed by atoms with E-state index in [0.29, 0.717) is 10.6 Å². The van der Waals surface area contributed by atoms with Gasteiger partial charge in [0.25, 0.3) is 17.7 Å². The fraction of sp³-hybridized carbons (Fsp3) is 0.143. The molecule has 0 unspecified atom stereocenters. The minimum atomic E-state index is -4.53. The molecular formula is C14H13ClO4S2. The number of hydrogen-bond donors (Lipinski definition) is 0. The van der Waals surface area contributed by atoms with Crippen LogP contribution in [0.25, 0.3) is 0 Å². The Kier molecular flexibility index (Phi) is 4.15. The van der Waals surface area contributed by atoms with Crippen molar-refractivity contribution in [2.45, 2.75) is 23.6 Å². The zero-order valence-corrected chi connectivity index (χ0v) is 13.8. The molecule has 2 rings (SSSR count). The van der Waals surface area contributed by atoms with Gasteiger partial charge in [0.1, 0.15) is 0 Å². The second-order valence-corrected chi connectivity index (χ2v) is 10.4. The van der Waals surface area contributed by atoms with Gasteiger partial charge in [0.05, 0.1) is 9.79 Å². The van der Waals surface area contributed by atoms with Crippen molar-refractivity contribution in [1.29, 1.82) is 0 Å². The molecule has 0 aromatic heterocycles. The van der Waals surface area contributed by atoms with E-state index in [9.17, 15) is 16.8 Å². The molecule has 0 spiro atoms. The van der Waals surface area contributed by atoms with Crippen LogP contribution >= 0.6 is 11.6 Å². The number of halogens is 1. The van der Waals surface area contributed by atoms with Crippen molar-refractivity contribution in [3.8, 4) is 0 Å². The van der Waals surface area contributed by atoms with E-state index < -0.39 is 17.7 Å². The fourth-order valence-electron chi connectivity index (χ4n) is 1.93. The maximum atomic E-state index is 12.5. The van der Waals surface area contributed by atoms with Crippen molar-refractivity contribution in [1.82, 2.24) is 0 Å². The van der Waals surface area contributed by atoms with E-state index in [2.05, 4.69) is 0 Å². The minimum absolute atomic E-state index is 0.206. The van der Waals surface area contributed by atoms with E-state index in [0.717, 1.165) is 5.56 Å². The maximum absolute atomic E-state index is 12.5. The van der Waals surface area contributed by atoms with Crippen LogP contribution in [0.5, 0.6) is 0 Å². The maximum Gasteiger partial charge on any atom is 0.286 e. The average Bonchev–Trinajstić information content (AvgIpc) is 2.38. The summed E-state index contributed by atoms with van der Waals surface area (Å²) in [5.74, 6) is 0. The summed E-state index contributed by atoms with van der Waals surface area (Å²) in [6, 6.07) is 9.55. The SMILES string of the molecule is Cc1ccc(S(=O)(=O)S(=O)(=O)c2ccc(Cl)cc2)c(C)c1. The van der Waals surface area contributed by atoms with Gasteiger partial charge in [-0.2, -0.15) is 0 Å². The second kappa shape index (κ2) is 5.44. The highest BCUT2D eigenvalue weighted by molar-refractivity contribution is 8.67. The van der Waals surface area contributed by atoms with Crippen LogP contribution in [0.2, 0.25) is 5.02 Å². The number of rotatable bonds is 3. The first kappa shape index (κ1) is 16.0. The van der Waals surface area contributed by atoms with Crippen molar-refractivity contribution in [3.63, 3.8) is 0 Å². The standard InChI is InChI=1S/C14H13ClO4S2/c1-10-3-8-14(11(2)9-10)21(18,19)20(16,17)13-6-4-12(15)5-7-13/h3-9H,1-2H3. The Bertz CT molecular complexity index is 883. The molecule has 0 aliphatic carbocycles. The summed E-state index contributed by atoms with van der Waals surface area (Å²) < 4.78 is 49.6. The van der Waals surface area contributed by atoms with Gasteiger partial charge in [-0.1, -0.05) is 29.3 Å². The van der Waals surface area contributed by atoms with Crippen molar-refractivity contribution < 1.29 is 16.8 Å². The molecule has 0 atom stereocenters. The Morgan fingerprint density at radius 3 is 1.90 bits per heavy atom.